The molecule has 0 saturated heterocycles. The van der Waals surface area contributed by atoms with E-state index in [9.17, 15) is 14.0 Å². The first kappa shape index (κ1) is 17.6. The molecule has 24 heavy (non-hydrogen) atoms. The van der Waals surface area contributed by atoms with Crippen LogP contribution < -0.4 is 20.3 Å². The summed E-state index contributed by atoms with van der Waals surface area (Å²) < 4.78 is 23.8. The Hall–Kier alpha value is -2.80. The first-order chi connectivity index (χ1) is 11.4. The summed E-state index contributed by atoms with van der Waals surface area (Å²) in [4.78, 5) is 24.0. The van der Waals surface area contributed by atoms with Gasteiger partial charge in [0.1, 0.15) is 17.3 Å². The lowest BCUT2D eigenvalue weighted by Crippen LogP contribution is -2.41. The Morgan fingerprint density at radius 2 is 1.54 bits per heavy atom. The van der Waals surface area contributed by atoms with Crippen LogP contribution in [0.15, 0.2) is 36.4 Å². The van der Waals surface area contributed by atoms with E-state index in [0.29, 0.717) is 11.5 Å². The maximum atomic E-state index is 13.7. The van der Waals surface area contributed by atoms with Crippen LogP contribution in [0.25, 0.3) is 0 Å². The fourth-order valence-corrected chi connectivity index (χ4v) is 2.02. The Kier molecular flexibility index (Phi) is 5.59. The topological polar surface area (TPSA) is 76.7 Å². The quantitative estimate of drug-likeness (QED) is 0.829. The van der Waals surface area contributed by atoms with Gasteiger partial charge in [-0.1, -0.05) is 11.6 Å². The number of carbonyl (C=O) groups is 2. The lowest BCUT2D eigenvalue weighted by Gasteiger charge is -2.10. The average Bonchev–Trinajstić information content (AvgIpc) is 2.58. The van der Waals surface area contributed by atoms with Gasteiger partial charge in [0.05, 0.1) is 19.8 Å². The van der Waals surface area contributed by atoms with E-state index in [4.69, 9.17) is 21.1 Å². The van der Waals surface area contributed by atoms with Crippen molar-refractivity contribution in [1.82, 2.24) is 10.9 Å². The van der Waals surface area contributed by atoms with Crippen LogP contribution in [0.1, 0.15) is 20.7 Å². The Bertz CT molecular complexity index is 760. The monoisotopic (exact) mass is 352 g/mol. The van der Waals surface area contributed by atoms with Gasteiger partial charge in [-0.15, -0.1) is 0 Å². The van der Waals surface area contributed by atoms with E-state index in [-0.39, 0.29) is 16.1 Å². The number of hydrogen-bond donors (Lipinski definition) is 2. The molecule has 126 valence electrons. The molecule has 0 aliphatic rings. The highest BCUT2D eigenvalue weighted by molar-refractivity contribution is 6.30. The number of ether oxygens (including phenoxy) is 2. The highest BCUT2D eigenvalue weighted by Gasteiger charge is 2.14. The molecular formula is C16H14ClFN2O4. The normalized spacial score (nSPS) is 10.0. The van der Waals surface area contributed by atoms with Crippen molar-refractivity contribution in [3.05, 3.63) is 58.4 Å². The third-order valence-electron chi connectivity index (χ3n) is 3.08. The molecule has 0 aromatic heterocycles. The molecule has 0 aliphatic heterocycles. The Morgan fingerprint density at radius 1 is 0.958 bits per heavy atom. The van der Waals surface area contributed by atoms with E-state index in [1.165, 1.54) is 38.5 Å². The SMILES string of the molecule is COc1cc(OC)cc(C(=O)NNC(=O)c2ccc(Cl)cc2F)c1. The summed E-state index contributed by atoms with van der Waals surface area (Å²) in [5.41, 5.74) is 4.27. The molecule has 0 atom stereocenters. The molecule has 0 fully saturated rings. The number of carbonyl (C=O) groups excluding carboxylic acids is 2. The summed E-state index contributed by atoms with van der Waals surface area (Å²) in [7, 11) is 2.89. The molecule has 0 aliphatic carbocycles. The molecule has 2 aromatic rings. The average molecular weight is 353 g/mol. The third-order valence-corrected chi connectivity index (χ3v) is 3.31. The van der Waals surface area contributed by atoms with Crippen LogP contribution in [-0.4, -0.2) is 26.0 Å². The zero-order valence-electron chi connectivity index (χ0n) is 12.9. The van der Waals surface area contributed by atoms with Crippen molar-refractivity contribution in [3.63, 3.8) is 0 Å². The zero-order valence-corrected chi connectivity index (χ0v) is 13.6. The van der Waals surface area contributed by atoms with E-state index >= 15 is 0 Å². The van der Waals surface area contributed by atoms with Gasteiger partial charge in [0.15, 0.2) is 0 Å². The third kappa shape index (κ3) is 4.14. The zero-order chi connectivity index (χ0) is 17.7. The van der Waals surface area contributed by atoms with Crippen LogP contribution in [0.3, 0.4) is 0 Å². The molecular weight excluding hydrogens is 339 g/mol. The van der Waals surface area contributed by atoms with Gasteiger partial charge in [0.25, 0.3) is 11.8 Å². The largest absolute Gasteiger partial charge is 0.497 e. The van der Waals surface area contributed by atoms with Gasteiger partial charge in [-0.2, -0.15) is 0 Å². The second-order valence-electron chi connectivity index (χ2n) is 4.63. The first-order valence-electron chi connectivity index (χ1n) is 6.73. The van der Waals surface area contributed by atoms with Crippen molar-refractivity contribution in [3.8, 4) is 11.5 Å². The number of benzene rings is 2. The van der Waals surface area contributed by atoms with Crippen molar-refractivity contribution in [1.29, 1.82) is 0 Å². The maximum absolute atomic E-state index is 13.7. The first-order valence-corrected chi connectivity index (χ1v) is 7.11. The van der Waals surface area contributed by atoms with Crippen LogP contribution >= 0.6 is 11.6 Å². The second kappa shape index (κ2) is 7.65. The lowest BCUT2D eigenvalue weighted by molar-refractivity contribution is 0.0844. The molecule has 0 radical (unpaired) electrons. The Labute approximate surface area is 142 Å². The standard InChI is InChI=1S/C16H14ClFN2O4/c1-23-11-5-9(6-12(8-11)24-2)15(21)19-20-16(22)13-4-3-10(17)7-14(13)18/h3-8H,1-2H3,(H,19,21)(H,20,22). The van der Waals surface area contributed by atoms with E-state index in [2.05, 4.69) is 10.9 Å². The number of nitrogens with one attached hydrogen (secondary N) is 2. The van der Waals surface area contributed by atoms with Gasteiger partial charge in [-0.05, 0) is 30.3 Å². The molecule has 0 heterocycles. The lowest BCUT2D eigenvalue weighted by atomic mass is 10.2. The van der Waals surface area contributed by atoms with Crippen LogP contribution in [0.5, 0.6) is 11.5 Å². The molecule has 8 heteroatoms. The number of halogens is 2. The van der Waals surface area contributed by atoms with Crippen molar-refractivity contribution < 1.29 is 23.5 Å². The van der Waals surface area contributed by atoms with Crippen LogP contribution in [0.4, 0.5) is 4.39 Å². The molecule has 2 aromatic carbocycles. The summed E-state index contributed by atoms with van der Waals surface area (Å²) in [6, 6.07) is 8.12. The summed E-state index contributed by atoms with van der Waals surface area (Å²) >= 11 is 5.62. The highest BCUT2D eigenvalue weighted by Crippen LogP contribution is 2.22. The van der Waals surface area contributed by atoms with Crippen LogP contribution in [0.2, 0.25) is 5.02 Å². The second-order valence-corrected chi connectivity index (χ2v) is 5.07. The predicted octanol–water partition coefficient (Wildman–Crippen LogP) is 2.57. The number of hydrogen-bond acceptors (Lipinski definition) is 4. The minimum Gasteiger partial charge on any atom is -0.497 e. The van der Waals surface area contributed by atoms with Crippen LogP contribution in [-0.2, 0) is 0 Å². The van der Waals surface area contributed by atoms with Crippen molar-refractivity contribution in [2.75, 3.05) is 14.2 Å². The van der Waals surface area contributed by atoms with E-state index in [1.54, 1.807) is 6.07 Å². The van der Waals surface area contributed by atoms with Crippen molar-refractivity contribution >= 4 is 23.4 Å². The van der Waals surface area contributed by atoms with Crippen LogP contribution in [0, 0.1) is 5.82 Å². The number of rotatable bonds is 4. The Morgan fingerprint density at radius 3 is 2.08 bits per heavy atom. The van der Waals surface area contributed by atoms with Gasteiger partial charge in [0, 0.05) is 16.7 Å². The van der Waals surface area contributed by atoms with E-state index < -0.39 is 17.6 Å². The van der Waals surface area contributed by atoms with Gasteiger partial charge >= 0.3 is 0 Å². The van der Waals surface area contributed by atoms with Gasteiger partial charge in [0.2, 0.25) is 0 Å². The van der Waals surface area contributed by atoms with E-state index in [1.807, 2.05) is 0 Å². The molecule has 0 spiro atoms. The molecule has 2 N–H and O–H groups in total. The fraction of sp³-hybridized carbons (Fsp3) is 0.125. The van der Waals surface area contributed by atoms with Gasteiger partial charge in [-0.25, -0.2) is 4.39 Å². The summed E-state index contributed by atoms with van der Waals surface area (Å²) in [5, 5.41) is 0.163. The molecule has 0 bridgehead atoms. The maximum Gasteiger partial charge on any atom is 0.272 e. The molecule has 2 amide bonds. The smallest absolute Gasteiger partial charge is 0.272 e. The summed E-state index contributed by atoms with van der Waals surface area (Å²) in [6.07, 6.45) is 0. The number of hydrazine groups is 1. The fourth-order valence-electron chi connectivity index (χ4n) is 1.87. The molecule has 0 saturated carbocycles. The molecule has 6 nitrogen and oxygen atoms in total. The summed E-state index contributed by atoms with van der Waals surface area (Å²) in [5.74, 6) is -1.40. The van der Waals surface area contributed by atoms with Crippen molar-refractivity contribution in [2.24, 2.45) is 0 Å². The van der Waals surface area contributed by atoms with Gasteiger partial charge < -0.3 is 9.47 Å². The predicted molar refractivity (Wildman–Crippen MR) is 85.9 cm³/mol. The van der Waals surface area contributed by atoms with E-state index in [0.717, 1.165) is 6.07 Å². The summed E-state index contributed by atoms with van der Waals surface area (Å²) in [6.45, 7) is 0. The molecule has 2 rings (SSSR count). The number of methoxy groups -OCH3 is 2. The van der Waals surface area contributed by atoms with Crippen molar-refractivity contribution in [2.45, 2.75) is 0 Å². The Balaban J connectivity index is 2.08. The minimum absolute atomic E-state index is 0.163. The minimum atomic E-state index is -0.813. The molecule has 0 unspecified atom stereocenters. The highest BCUT2D eigenvalue weighted by atomic mass is 35.5. The number of amides is 2. The van der Waals surface area contributed by atoms with Gasteiger partial charge in [-0.3, -0.25) is 20.4 Å².